The first-order valence-corrected chi connectivity index (χ1v) is 6.94. The van der Waals surface area contributed by atoms with Crippen LogP contribution in [0.3, 0.4) is 0 Å². The van der Waals surface area contributed by atoms with Crippen LogP contribution in [0, 0.1) is 0 Å². The molecule has 3 rings (SSSR count). The number of fused-ring (bicyclic) bond motifs is 1. The van der Waals surface area contributed by atoms with Gasteiger partial charge in [-0.2, -0.15) is 0 Å². The van der Waals surface area contributed by atoms with Crippen molar-refractivity contribution >= 4 is 10.9 Å². The number of benzene rings is 1. The summed E-state index contributed by atoms with van der Waals surface area (Å²) in [5.41, 5.74) is 8.53. The summed E-state index contributed by atoms with van der Waals surface area (Å²) in [5, 5.41) is 1.10. The molecule has 1 fully saturated rings. The Morgan fingerprint density at radius 1 is 1.16 bits per heavy atom. The number of nitrogens with zero attached hydrogens (tertiary/aromatic N) is 1. The number of rotatable bonds is 2. The largest absolute Gasteiger partial charge is 0.497 e. The van der Waals surface area contributed by atoms with Gasteiger partial charge in [-0.1, -0.05) is 19.3 Å². The minimum atomic E-state index is -0.192. The Balaban J connectivity index is 2.04. The smallest absolute Gasteiger partial charge is 0.119 e. The average molecular weight is 256 g/mol. The maximum absolute atomic E-state index is 6.57. The zero-order valence-electron chi connectivity index (χ0n) is 11.4. The molecule has 0 amide bonds. The molecule has 1 heterocycles. The SMILES string of the molecule is COc1ccc2ncc(C3(N)CCCCC3)cc2c1. The molecule has 0 spiro atoms. The number of ether oxygens (including phenoxy) is 1. The Hall–Kier alpha value is -1.61. The molecule has 0 radical (unpaired) electrons. The third kappa shape index (κ3) is 2.30. The van der Waals surface area contributed by atoms with Crippen molar-refractivity contribution in [3.8, 4) is 5.75 Å². The first-order valence-electron chi connectivity index (χ1n) is 6.94. The molecule has 3 nitrogen and oxygen atoms in total. The van der Waals surface area contributed by atoms with Gasteiger partial charge in [-0.25, -0.2) is 0 Å². The maximum Gasteiger partial charge on any atom is 0.119 e. The van der Waals surface area contributed by atoms with Gasteiger partial charge in [0.1, 0.15) is 5.75 Å². The molecule has 1 aliphatic carbocycles. The van der Waals surface area contributed by atoms with Crippen LogP contribution in [-0.4, -0.2) is 12.1 Å². The summed E-state index contributed by atoms with van der Waals surface area (Å²) in [7, 11) is 1.68. The molecule has 1 aliphatic rings. The number of nitrogens with two attached hydrogens (primary N) is 1. The van der Waals surface area contributed by atoms with Crippen molar-refractivity contribution in [2.24, 2.45) is 5.73 Å². The molecular formula is C16H20N2O. The fourth-order valence-electron chi connectivity index (χ4n) is 2.98. The van der Waals surface area contributed by atoms with E-state index in [4.69, 9.17) is 10.5 Å². The maximum atomic E-state index is 6.57. The lowest BCUT2D eigenvalue weighted by atomic mass is 9.78. The molecular weight excluding hydrogens is 236 g/mol. The molecule has 3 heteroatoms. The van der Waals surface area contributed by atoms with Gasteiger partial charge in [0.15, 0.2) is 0 Å². The van der Waals surface area contributed by atoms with E-state index in [1.807, 2.05) is 24.4 Å². The molecule has 1 aromatic carbocycles. The molecule has 1 aromatic heterocycles. The van der Waals surface area contributed by atoms with E-state index in [9.17, 15) is 0 Å². The molecule has 19 heavy (non-hydrogen) atoms. The van der Waals surface area contributed by atoms with Crippen LogP contribution in [0.15, 0.2) is 30.5 Å². The highest BCUT2D eigenvalue weighted by molar-refractivity contribution is 5.80. The molecule has 100 valence electrons. The van der Waals surface area contributed by atoms with Gasteiger partial charge >= 0.3 is 0 Å². The van der Waals surface area contributed by atoms with Crippen molar-refractivity contribution in [2.75, 3.05) is 7.11 Å². The van der Waals surface area contributed by atoms with E-state index in [1.54, 1.807) is 7.11 Å². The molecule has 0 unspecified atom stereocenters. The van der Waals surface area contributed by atoms with Gasteiger partial charge in [0.2, 0.25) is 0 Å². The van der Waals surface area contributed by atoms with E-state index in [0.717, 1.165) is 35.1 Å². The van der Waals surface area contributed by atoms with Crippen molar-refractivity contribution in [3.63, 3.8) is 0 Å². The van der Waals surface area contributed by atoms with Crippen LogP contribution in [0.5, 0.6) is 5.75 Å². The predicted molar refractivity (Wildman–Crippen MR) is 77.2 cm³/mol. The highest BCUT2D eigenvalue weighted by Crippen LogP contribution is 2.35. The van der Waals surface area contributed by atoms with Crippen LogP contribution < -0.4 is 10.5 Å². The van der Waals surface area contributed by atoms with Crippen LogP contribution >= 0.6 is 0 Å². The fourth-order valence-corrected chi connectivity index (χ4v) is 2.98. The Morgan fingerprint density at radius 3 is 2.68 bits per heavy atom. The van der Waals surface area contributed by atoms with Crippen molar-refractivity contribution in [1.29, 1.82) is 0 Å². The summed E-state index contributed by atoms with van der Waals surface area (Å²) in [6.45, 7) is 0. The van der Waals surface area contributed by atoms with Crippen LogP contribution in [0.1, 0.15) is 37.7 Å². The van der Waals surface area contributed by atoms with E-state index >= 15 is 0 Å². The van der Waals surface area contributed by atoms with Gasteiger partial charge in [0.05, 0.1) is 12.6 Å². The van der Waals surface area contributed by atoms with Crippen LogP contribution in [0.2, 0.25) is 0 Å². The highest BCUT2D eigenvalue weighted by Gasteiger charge is 2.29. The van der Waals surface area contributed by atoms with E-state index < -0.39 is 0 Å². The normalized spacial score (nSPS) is 18.4. The topological polar surface area (TPSA) is 48.1 Å². The first-order chi connectivity index (χ1) is 9.21. The molecule has 0 bridgehead atoms. The van der Waals surface area contributed by atoms with Gasteiger partial charge in [-0.15, -0.1) is 0 Å². The number of pyridine rings is 1. The monoisotopic (exact) mass is 256 g/mol. The van der Waals surface area contributed by atoms with Crippen molar-refractivity contribution in [1.82, 2.24) is 4.98 Å². The summed E-state index contributed by atoms with van der Waals surface area (Å²) in [6, 6.07) is 8.13. The highest BCUT2D eigenvalue weighted by atomic mass is 16.5. The minimum Gasteiger partial charge on any atom is -0.497 e. The molecule has 1 saturated carbocycles. The number of aromatic nitrogens is 1. The molecule has 0 aliphatic heterocycles. The Kier molecular flexibility index (Phi) is 3.15. The van der Waals surface area contributed by atoms with Gasteiger partial charge in [-0.05, 0) is 42.7 Å². The van der Waals surface area contributed by atoms with E-state index in [1.165, 1.54) is 19.3 Å². The summed E-state index contributed by atoms with van der Waals surface area (Å²) < 4.78 is 5.27. The molecule has 0 saturated heterocycles. The number of hydrogen-bond donors (Lipinski definition) is 1. The van der Waals surface area contributed by atoms with Gasteiger partial charge in [0, 0.05) is 17.1 Å². The van der Waals surface area contributed by atoms with E-state index in [-0.39, 0.29) is 5.54 Å². The third-order valence-electron chi connectivity index (χ3n) is 4.21. The van der Waals surface area contributed by atoms with Crippen LogP contribution in [0.25, 0.3) is 10.9 Å². The molecule has 2 aromatic rings. The lowest BCUT2D eigenvalue weighted by Crippen LogP contribution is -2.38. The Bertz CT molecular complexity index is 588. The lowest BCUT2D eigenvalue weighted by molar-refractivity contribution is 0.302. The summed E-state index contributed by atoms with van der Waals surface area (Å²) >= 11 is 0. The van der Waals surface area contributed by atoms with Crippen molar-refractivity contribution in [3.05, 3.63) is 36.0 Å². The first kappa shape index (κ1) is 12.4. The molecule has 2 N–H and O–H groups in total. The van der Waals surface area contributed by atoms with E-state index in [2.05, 4.69) is 11.1 Å². The number of hydrogen-bond acceptors (Lipinski definition) is 3. The summed E-state index contributed by atoms with van der Waals surface area (Å²) in [6.07, 6.45) is 7.79. The van der Waals surface area contributed by atoms with E-state index in [0.29, 0.717) is 0 Å². The van der Waals surface area contributed by atoms with Gasteiger partial charge in [-0.3, -0.25) is 4.98 Å². The Morgan fingerprint density at radius 2 is 1.95 bits per heavy atom. The van der Waals surface area contributed by atoms with Gasteiger partial charge in [0.25, 0.3) is 0 Å². The van der Waals surface area contributed by atoms with Crippen molar-refractivity contribution < 1.29 is 4.74 Å². The quantitative estimate of drug-likeness (QED) is 0.896. The fraction of sp³-hybridized carbons (Fsp3) is 0.438. The minimum absolute atomic E-state index is 0.192. The third-order valence-corrected chi connectivity index (χ3v) is 4.21. The average Bonchev–Trinajstić information content (AvgIpc) is 2.47. The summed E-state index contributed by atoms with van der Waals surface area (Å²) in [4.78, 5) is 4.54. The molecule has 0 atom stereocenters. The second-order valence-electron chi connectivity index (χ2n) is 5.50. The zero-order valence-corrected chi connectivity index (χ0v) is 11.4. The second kappa shape index (κ2) is 4.82. The standard InChI is InChI=1S/C16H20N2O/c1-19-14-5-6-15-12(10-14)9-13(11-18-15)16(17)7-3-2-4-8-16/h5-6,9-11H,2-4,7-8,17H2,1H3. The van der Waals surface area contributed by atoms with Crippen molar-refractivity contribution in [2.45, 2.75) is 37.6 Å². The number of methoxy groups -OCH3 is 1. The lowest BCUT2D eigenvalue weighted by Gasteiger charge is -2.33. The van der Waals surface area contributed by atoms with Crippen LogP contribution in [-0.2, 0) is 5.54 Å². The zero-order chi connectivity index (χ0) is 13.3. The van der Waals surface area contributed by atoms with Crippen LogP contribution in [0.4, 0.5) is 0 Å². The summed E-state index contributed by atoms with van der Waals surface area (Å²) in [5.74, 6) is 0.862. The second-order valence-corrected chi connectivity index (χ2v) is 5.50. The predicted octanol–water partition coefficient (Wildman–Crippen LogP) is 3.36. The van der Waals surface area contributed by atoms with Gasteiger partial charge < -0.3 is 10.5 Å². The Labute approximate surface area is 113 Å².